The summed E-state index contributed by atoms with van der Waals surface area (Å²) in [5.41, 5.74) is 3.57. The molecule has 2 aromatic rings. The maximum absolute atomic E-state index is 14.6. The first-order chi connectivity index (χ1) is 17.7. The topological polar surface area (TPSA) is 55.4 Å². The van der Waals surface area contributed by atoms with Crippen LogP contribution in [0, 0.1) is 11.8 Å². The van der Waals surface area contributed by atoms with Crippen LogP contribution >= 0.6 is 0 Å². The lowest BCUT2D eigenvalue weighted by atomic mass is 9.68. The zero-order valence-corrected chi connectivity index (χ0v) is 21.7. The fourth-order valence-electron chi connectivity index (χ4n) is 7.92. The van der Waals surface area contributed by atoms with Crippen molar-refractivity contribution in [1.82, 2.24) is 4.90 Å². The number of benzene rings is 2. The molecule has 4 atom stereocenters. The molecule has 1 aliphatic carbocycles. The van der Waals surface area contributed by atoms with Gasteiger partial charge in [-0.1, -0.05) is 61.7 Å². The van der Waals surface area contributed by atoms with Gasteiger partial charge < -0.3 is 19.7 Å². The molecule has 3 fully saturated rings. The van der Waals surface area contributed by atoms with E-state index in [1.807, 2.05) is 6.07 Å². The quantitative estimate of drug-likeness (QED) is 0.706. The number of ether oxygens (including phenoxy) is 2. The first-order valence-corrected chi connectivity index (χ1v) is 14.1. The Kier molecular flexibility index (Phi) is 6.78. The highest BCUT2D eigenvalue weighted by atomic mass is 16.5. The van der Waals surface area contributed by atoms with E-state index in [2.05, 4.69) is 52.7 Å². The van der Waals surface area contributed by atoms with Gasteiger partial charge in [0, 0.05) is 18.2 Å². The summed E-state index contributed by atoms with van der Waals surface area (Å²) in [6.07, 6.45) is 8.65. The molecular weight excluding hydrogens is 448 g/mol. The number of piperidine rings is 1. The summed E-state index contributed by atoms with van der Waals surface area (Å²) in [4.78, 5) is 16.9. The normalized spacial score (nSPS) is 30.8. The molecule has 2 aromatic carbocycles. The molecule has 4 aliphatic rings. The Bertz CT molecular complexity index is 1070. The van der Waals surface area contributed by atoms with Gasteiger partial charge in [0.1, 0.15) is 11.7 Å². The Hall–Kier alpha value is -2.37. The maximum Gasteiger partial charge on any atom is 0.232 e. The molecular formula is C31H41N2O3+. The lowest BCUT2D eigenvalue weighted by Crippen LogP contribution is -2.82. The predicted molar refractivity (Wildman–Crippen MR) is 140 cm³/mol. The number of hydrogen-bond acceptors (Lipinski definition) is 3. The van der Waals surface area contributed by atoms with Crippen molar-refractivity contribution in [3.63, 3.8) is 0 Å². The predicted octanol–water partition coefficient (Wildman–Crippen LogP) is 4.01. The van der Waals surface area contributed by atoms with E-state index in [1.165, 1.54) is 43.2 Å². The average Bonchev–Trinajstić information content (AvgIpc) is 3.37. The Morgan fingerprint density at radius 1 is 1.06 bits per heavy atom. The van der Waals surface area contributed by atoms with Crippen molar-refractivity contribution in [3.05, 3.63) is 65.2 Å². The van der Waals surface area contributed by atoms with Crippen LogP contribution in [0.15, 0.2) is 48.5 Å². The van der Waals surface area contributed by atoms with Crippen molar-refractivity contribution in [2.24, 2.45) is 11.8 Å². The minimum Gasteiger partial charge on any atom is -0.496 e. The molecule has 2 N–H and O–H groups in total. The second-order valence-electron chi connectivity index (χ2n) is 11.5. The molecule has 1 amide bonds. The van der Waals surface area contributed by atoms with Gasteiger partial charge in [-0.25, -0.2) is 0 Å². The van der Waals surface area contributed by atoms with Crippen LogP contribution in [-0.4, -0.2) is 50.2 Å². The molecule has 6 rings (SSSR count). The van der Waals surface area contributed by atoms with Gasteiger partial charge in [-0.05, 0) is 54.7 Å². The molecule has 2 saturated heterocycles. The zero-order valence-electron chi connectivity index (χ0n) is 21.7. The van der Waals surface area contributed by atoms with Crippen LogP contribution in [0.1, 0.15) is 67.6 Å². The molecule has 1 saturated carbocycles. The molecule has 36 heavy (non-hydrogen) atoms. The first kappa shape index (κ1) is 24.0. The zero-order chi connectivity index (χ0) is 24.5. The lowest BCUT2D eigenvalue weighted by molar-refractivity contribution is -0.640. The molecule has 3 aliphatic heterocycles. The van der Waals surface area contributed by atoms with E-state index >= 15 is 0 Å². The number of rotatable bonds is 4. The van der Waals surface area contributed by atoms with Gasteiger partial charge in [0.15, 0.2) is 0 Å². The van der Waals surface area contributed by atoms with Gasteiger partial charge in [-0.15, -0.1) is 0 Å². The number of nitrogens with two attached hydrogens (primary N) is 1. The van der Waals surface area contributed by atoms with E-state index in [0.29, 0.717) is 37.0 Å². The molecule has 5 heteroatoms. The maximum atomic E-state index is 14.6. The summed E-state index contributed by atoms with van der Waals surface area (Å²) in [6.45, 7) is 3.80. The van der Waals surface area contributed by atoms with Gasteiger partial charge in [0.2, 0.25) is 5.91 Å². The van der Waals surface area contributed by atoms with Crippen molar-refractivity contribution >= 4 is 5.91 Å². The van der Waals surface area contributed by atoms with Crippen LogP contribution in [0.4, 0.5) is 0 Å². The van der Waals surface area contributed by atoms with E-state index in [-0.39, 0.29) is 11.3 Å². The largest absolute Gasteiger partial charge is 0.496 e. The number of fused-ring (bicyclic) bond motifs is 2. The van der Waals surface area contributed by atoms with Crippen molar-refractivity contribution < 1.29 is 19.6 Å². The van der Waals surface area contributed by atoms with Crippen LogP contribution in [0.5, 0.6) is 5.75 Å². The van der Waals surface area contributed by atoms with Crippen LogP contribution in [0.3, 0.4) is 0 Å². The van der Waals surface area contributed by atoms with E-state index in [9.17, 15) is 4.79 Å². The minimum absolute atomic E-state index is 0.0528. The molecule has 0 bridgehead atoms. The van der Waals surface area contributed by atoms with Crippen LogP contribution < -0.4 is 10.1 Å². The minimum atomic E-state index is -0.271. The third-order valence-electron chi connectivity index (χ3n) is 9.76. The van der Waals surface area contributed by atoms with Crippen molar-refractivity contribution in [3.8, 4) is 5.75 Å². The number of hydrogen-bond donors (Lipinski definition) is 1. The SMILES string of the molecule is COc1cccc2c1COC[C@]21C[NH2+]C[C@H]1C(=O)N1CC[C@@H](c2ccccc2)C[C@H]1C1CCCCC1. The first-order valence-electron chi connectivity index (χ1n) is 14.1. The second kappa shape index (κ2) is 10.2. The smallest absolute Gasteiger partial charge is 0.232 e. The molecule has 5 nitrogen and oxygen atoms in total. The Balaban J connectivity index is 1.31. The summed E-state index contributed by atoms with van der Waals surface area (Å²) >= 11 is 0. The van der Waals surface area contributed by atoms with Crippen molar-refractivity contribution in [1.29, 1.82) is 0 Å². The van der Waals surface area contributed by atoms with Crippen LogP contribution in [0.2, 0.25) is 0 Å². The van der Waals surface area contributed by atoms with Gasteiger partial charge in [0.05, 0.1) is 38.8 Å². The highest BCUT2D eigenvalue weighted by molar-refractivity contribution is 5.82. The third-order valence-corrected chi connectivity index (χ3v) is 9.76. The Morgan fingerprint density at radius 2 is 1.89 bits per heavy atom. The average molecular weight is 490 g/mol. The summed E-state index contributed by atoms with van der Waals surface area (Å²) in [7, 11) is 1.73. The molecule has 0 aromatic heterocycles. The fourth-order valence-corrected chi connectivity index (χ4v) is 7.92. The van der Waals surface area contributed by atoms with Gasteiger partial charge in [0.25, 0.3) is 0 Å². The lowest BCUT2D eigenvalue weighted by Gasteiger charge is -2.47. The summed E-state index contributed by atoms with van der Waals surface area (Å²) < 4.78 is 11.9. The molecule has 3 heterocycles. The summed E-state index contributed by atoms with van der Waals surface area (Å²) in [5.74, 6) is 2.38. The molecule has 0 unspecified atom stereocenters. The number of amides is 1. The number of nitrogens with zero attached hydrogens (tertiary/aromatic N) is 1. The monoisotopic (exact) mass is 489 g/mol. The second-order valence-corrected chi connectivity index (χ2v) is 11.5. The summed E-state index contributed by atoms with van der Waals surface area (Å²) in [5, 5.41) is 2.34. The standard InChI is InChI=1S/C31H40N2O3/c1-35-29-14-8-13-26-25(29)19-36-21-31(26)20-32-18-27(31)30(34)33-16-15-24(22-9-4-2-5-10-22)17-28(33)23-11-6-3-7-12-23/h2,4-5,8-10,13-14,23-24,27-28,32H,3,6-7,11-12,15-21H2,1H3/p+1/t24-,27+,28+,31-/m1/s1. The van der Waals surface area contributed by atoms with Gasteiger partial charge >= 0.3 is 0 Å². The van der Waals surface area contributed by atoms with Crippen molar-refractivity contribution in [2.75, 3.05) is 33.4 Å². The number of carbonyl (C=O) groups is 1. The van der Waals surface area contributed by atoms with Gasteiger partial charge in [-0.3, -0.25) is 4.79 Å². The number of likely N-dealkylation sites (tertiary alicyclic amines) is 1. The van der Waals surface area contributed by atoms with E-state index < -0.39 is 0 Å². The highest BCUT2D eigenvalue weighted by Gasteiger charge is 2.56. The number of quaternary nitrogens is 1. The van der Waals surface area contributed by atoms with Crippen molar-refractivity contribution in [2.45, 2.75) is 68.9 Å². The van der Waals surface area contributed by atoms with E-state index in [4.69, 9.17) is 9.47 Å². The van der Waals surface area contributed by atoms with Crippen LogP contribution in [-0.2, 0) is 21.6 Å². The Labute approximate surface area is 215 Å². The van der Waals surface area contributed by atoms with Gasteiger partial charge in [-0.2, -0.15) is 0 Å². The number of carbonyl (C=O) groups excluding carboxylic acids is 1. The molecule has 192 valence electrons. The molecule has 0 radical (unpaired) electrons. The molecule has 1 spiro atoms. The fraction of sp³-hybridized carbons (Fsp3) is 0.581. The summed E-state index contributed by atoms with van der Waals surface area (Å²) in [6, 6.07) is 17.7. The van der Waals surface area contributed by atoms with E-state index in [0.717, 1.165) is 43.8 Å². The number of methoxy groups -OCH3 is 1. The van der Waals surface area contributed by atoms with E-state index in [1.54, 1.807) is 7.11 Å². The third kappa shape index (κ3) is 4.14. The highest BCUT2D eigenvalue weighted by Crippen LogP contribution is 2.45. The van der Waals surface area contributed by atoms with Crippen LogP contribution in [0.25, 0.3) is 0 Å². The Morgan fingerprint density at radius 3 is 2.69 bits per heavy atom.